The molecule has 42 heavy (non-hydrogen) atoms. The van der Waals surface area contributed by atoms with Gasteiger partial charge in [0, 0.05) is 30.7 Å². The van der Waals surface area contributed by atoms with Gasteiger partial charge in [-0.25, -0.2) is 14.5 Å². The number of carbonyl (C=O) groups is 2. The normalized spacial score (nSPS) is 13.7. The molecule has 10 nitrogen and oxygen atoms in total. The number of nitrogens with one attached hydrogen (secondary N) is 2. The number of aromatic nitrogens is 3. The Hall–Kier alpha value is -4.20. The zero-order valence-corrected chi connectivity index (χ0v) is 23.0. The molecular formula is C28H28ClF3N6O4. The zero-order valence-electron chi connectivity index (χ0n) is 22.3. The van der Waals surface area contributed by atoms with Crippen molar-refractivity contribution in [1.29, 1.82) is 0 Å². The van der Waals surface area contributed by atoms with Gasteiger partial charge in [0.1, 0.15) is 5.69 Å². The van der Waals surface area contributed by atoms with E-state index in [4.69, 9.17) is 26.2 Å². The number of alkyl halides is 3. The van der Waals surface area contributed by atoms with Crippen molar-refractivity contribution >= 4 is 45.8 Å². The highest BCUT2D eigenvalue weighted by Crippen LogP contribution is 2.27. The van der Waals surface area contributed by atoms with E-state index in [1.54, 1.807) is 12.3 Å². The Kier molecular flexibility index (Phi) is 10.3. The monoisotopic (exact) mass is 604 g/mol. The molecule has 0 atom stereocenters. The quantitative estimate of drug-likeness (QED) is 0.243. The highest BCUT2D eigenvalue weighted by atomic mass is 35.5. The molecule has 0 bridgehead atoms. The largest absolute Gasteiger partial charge is 0.490 e. The van der Waals surface area contributed by atoms with E-state index < -0.39 is 12.1 Å². The second-order valence-electron chi connectivity index (χ2n) is 9.20. The number of ether oxygens (including phenoxy) is 1. The Balaban J connectivity index is 0.000000517. The summed E-state index contributed by atoms with van der Waals surface area (Å²) in [7, 11) is 0. The maximum Gasteiger partial charge on any atom is 0.490 e. The van der Waals surface area contributed by atoms with E-state index in [1.165, 1.54) is 0 Å². The number of hydrogen-bond acceptors (Lipinski definition) is 7. The van der Waals surface area contributed by atoms with Gasteiger partial charge in [0.15, 0.2) is 0 Å². The summed E-state index contributed by atoms with van der Waals surface area (Å²) < 4.78 is 38.9. The molecule has 14 heteroatoms. The molecule has 0 spiro atoms. The molecular weight excluding hydrogens is 577 g/mol. The number of benzene rings is 2. The molecule has 1 saturated heterocycles. The van der Waals surface area contributed by atoms with Gasteiger partial charge in [0.25, 0.3) is 5.91 Å². The van der Waals surface area contributed by atoms with Crippen LogP contribution in [-0.2, 0) is 9.53 Å². The molecule has 1 fully saturated rings. The van der Waals surface area contributed by atoms with Gasteiger partial charge in [-0.15, -0.1) is 0 Å². The number of aliphatic carboxylic acids is 1. The van der Waals surface area contributed by atoms with Crippen molar-refractivity contribution in [3.05, 3.63) is 77.7 Å². The lowest BCUT2D eigenvalue weighted by Crippen LogP contribution is -2.38. The first-order valence-corrected chi connectivity index (χ1v) is 13.3. The summed E-state index contributed by atoms with van der Waals surface area (Å²) in [6.07, 6.45) is -0.705. The van der Waals surface area contributed by atoms with E-state index in [1.807, 2.05) is 59.4 Å². The van der Waals surface area contributed by atoms with Crippen LogP contribution in [0.5, 0.6) is 0 Å². The van der Waals surface area contributed by atoms with Crippen LogP contribution in [0.1, 0.15) is 16.9 Å². The molecule has 0 unspecified atom stereocenters. The van der Waals surface area contributed by atoms with E-state index in [2.05, 4.69) is 25.6 Å². The Morgan fingerprint density at radius 3 is 2.45 bits per heavy atom. The fourth-order valence-electron chi connectivity index (χ4n) is 4.10. The van der Waals surface area contributed by atoms with E-state index in [9.17, 15) is 18.0 Å². The Bertz CT molecular complexity index is 1510. The van der Waals surface area contributed by atoms with Gasteiger partial charge >= 0.3 is 12.1 Å². The SMILES string of the molecule is O=C(NCCCN1CCOCC1)c1ccc(-n2ncc3cc(Nc4ccccc4Cl)ccc32)cn1.O=C(O)C(F)(F)F. The van der Waals surface area contributed by atoms with Gasteiger partial charge in [0.2, 0.25) is 0 Å². The van der Waals surface area contributed by atoms with E-state index in [-0.39, 0.29) is 5.91 Å². The standard InChI is InChI=1S/C26H27ClN6O2.C2HF3O2/c27-22-4-1-2-5-23(22)31-20-6-9-25-19(16-20)17-30-33(25)21-7-8-24(29-18-21)26(34)28-10-3-11-32-12-14-35-15-13-32;3-2(4,5)1(6)7/h1-2,4-9,16-18,31H,3,10-15H2,(H,28,34);(H,6,7). The molecule has 2 aromatic heterocycles. The van der Waals surface area contributed by atoms with Crippen LogP contribution in [0.25, 0.3) is 16.6 Å². The number of anilines is 2. The molecule has 3 N–H and O–H groups in total. The second-order valence-corrected chi connectivity index (χ2v) is 9.61. The smallest absolute Gasteiger partial charge is 0.475 e. The summed E-state index contributed by atoms with van der Waals surface area (Å²) in [5.74, 6) is -2.92. The van der Waals surface area contributed by atoms with Crippen molar-refractivity contribution in [3.63, 3.8) is 0 Å². The van der Waals surface area contributed by atoms with Crippen LogP contribution in [-0.4, -0.2) is 82.2 Å². The molecule has 4 aromatic rings. The van der Waals surface area contributed by atoms with Gasteiger partial charge < -0.3 is 20.5 Å². The Morgan fingerprint density at radius 1 is 1.05 bits per heavy atom. The molecule has 0 aliphatic carbocycles. The number of carbonyl (C=O) groups excluding carboxylic acids is 1. The number of pyridine rings is 1. The predicted octanol–water partition coefficient (Wildman–Crippen LogP) is 4.90. The number of amides is 1. The number of carboxylic acids is 1. The molecule has 1 aliphatic heterocycles. The molecule has 2 aromatic carbocycles. The number of carboxylic acid groups (broad SMARTS) is 1. The van der Waals surface area contributed by atoms with Gasteiger partial charge in [-0.2, -0.15) is 18.3 Å². The third kappa shape index (κ3) is 8.41. The van der Waals surface area contributed by atoms with Gasteiger partial charge in [0.05, 0.1) is 47.5 Å². The molecule has 222 valence electrons. The molecule has 1 aliphatic rings. The van der Waals surface area contributed by atoms with Crippen molar-refractivity contribution in [2.75, 3.05) is 44.7 Å². The summed E-state index contributed by atoms with van der Waals surface area (Å²) in [5.41, 5.74) is 3.89. The maximum absolute atomic E-state index is 12.5. The first-order valence-electron chi connectivity index (χ1n) is 13.0. The number of para-hydroxylation sites is 1. The van der Waals surface area contributed by atoms with Gasteiger partial charge in [-0.05, 0) is 55.4 Å². The molecule has 3 heterocycles. The minimum atomic E-state index is -5.08. The van der Waals surface area contributed by atoms with Crippen molar-refractivity contribution < 1.29 is 32.6 Å². The van der Waals surface area contributed by atoms with Crippen LogP contribution < -0.4 is 10.6 Å². The van der Waals surface area contributed by atoms with Crippen LogP contribution in [0.4, 0.5) is 24.5 Å². The minimum absolute atomic E-state index is 0.167. The highest BCUT2D eigenvalue weighted by molar-refractivity contribution is 6.33. The summed E-state index contributed by atoms with van der Waals surface area (Å²) in [6.45, 7) is 5.06. The first kappa shape index (κ1) is 30.8. The first-order chi connectivity index (χ1) is 20.1. The van der Waals surface area contributed by atoms with E-state index in [0.29, 0.717) is 17.3 Å². The topological polar surface area (TPSA) is 122 Å². The van der Waals surface area contributed by atoms with Crippen molar-refractivity contribution in [3.8, 4) is 5.69 Å². The fourth-order valence-corrected chi connectivity index (χ4v) is 4.28. The summed E-state index contributed by atoms with van der Waals surface area (Å²) >= 11 is 6.26. The van der Waals surface area contributed by atoms with E-state index >= 15 is 0 Å². The Morgan fingerprint density at radius 2 is 1.79 bits per heavy atom. The second kappa shape index (κ2) is 14.1. The average molecular weight is 605 g/mol. The third-order valence-corrected chi connectivity index (χ3v) is 6.56. The lowest BCUT2D eigenvalue weighted by atomic mass is 10.2. The molecule has 1 amide bonds. The Labute approximate surface area is 244 Å². The lowest BCUT2D eigenvalue weighted by Gasteiger charge is -2.26. The van der Waals surface area contributed by atoms with Crippen molar-refractivity contribution in [2.45, 2.75) is 12.6 Å². The third-order valence-electron chi connectivity index (χ3n) is 6.23. The number of nitrogens with zero attached hydrogens (tertiary/aromatic N) is 4. The number of hydrogen-bond donors (Lipinski definition) is 3. The summed E-state index contributed by atoms with van der Waals surface area (Å²) in [4.78, 5) is 28.1. The van der Waals surface area contributed by atoms with Gasteiger partial charge in [-0.3, -0.25) is 9.69 Å². The predicted molar refractivity (Wildman–Crippen MR) is 151 cm³/mol. The number of fused-ring (bicyclic) bond motifs is 1. The van der Waals surface area contributed by atoms with Crippen LogP contribution in [0.2, 0.25) is 5.02 Å². The molecule has 0 radical (unpaired) electrons. The van der Waals surface area contributed by atoms with Crippen molar-refractivity contribution in [2.24, 2.45) is 0 Å². The van der Waals surface area contributed by atoms with E-state index in [0.717, 1.165) is 67.2 Å². The van der Waals surface area contributed by atoms with Gasteiger partial charge in [-0.1, -0.05) is 23.7 Å². The summed E-state index contributed by atoms with van der Waals surface area (Å²) in [5, 5.41) is 19.6. The minimum Gasteiger partial charge on any atom is -0.475 e. The lowest BCUT2D eigenvalue weighted by molar-refractivity contribution is -0.192. The van der Waals surface area contributed by atoms with Crippen molar-refractivity contribution in [1.82, 2.24) is 25.0 Å². The van der Waals surface area contributed by atoms with Crippen LogP contribution in [0.3, 0.4) is 0 Å². The highest BCUT2D eigenvalue weighted by Gasteiger charge is 2.38. The summed E-state index contributed by atoms with van der Waals surface area (Å²) in [6, 6.07) is 17.2. The van der Waals surface area contributed by atoms with Crippen LogP contribution >= 0.6 is 11.6 Å². The molecule has 5 rings (SSSR count). The number of morpholine rings is 1. The van der Waals surface area contributed by atoms with Crippen LogP contribution in [0, 0.1) is 0 Å². The fraction of sp³-hybridized carbons (Fsp3) is 0.286. The zero-order chi connectivity index (χ0) is 30.1. The molecule has 0 saturated carbocycles. The van der Waals surface area contributed by atoms with Crippen LogP contribution in [0.15, 0.2) is 67.0 Å². The number of rotatable bonds is 8. The number of halogens is 4. The average Bonchev–Trinajstić information content (AvgIpc) is 3.40. The maximum atomic E-state index is 12.5.